The Morgan fingerprint density at radius 3 is 2.33 bits per heavy atom. The molecule has 0 N–H and O–H groups in total. The highest BCUT2D eigenvalue weighted by Crippen LogP contribution is 2.32. The normalized spacial score (nSPS) is 14.2. The van der Waals surface area contributed by atoms with Crippen molar-refractivity contribution in [1.29, 1.82) is 0 Å². The van der Waals surface area contributed by atoms with Crippen LogP contribution >= 0.6 is 11.3 Å². The van der Waals surface area contributed by atoms with Crippen molar-refractivity contribution in [2.75, 3.05) is 44.3 Å². The number of thiazole rings is 1. The first-order valence-electron chi connectivity index (χ1n) is 10.3. The number of nitrogens with zero attached hydrogens (tertiary/aromatic N) is 3. The van der Waals surface area contributed by atoms with Crippen molar-refractivity contribution in [3.05, 3.63) is 47.5 Å². The minimum atomic E-state index is 0.0132. The highest BCUT2D eigenvalue weighted by molar-refractivity contribution is 7.22. The van der Waals surface area contributed by atoms with E-state index in [-0.39, 0.29) is 12.5 Å². The van der Waals surface area contributed by atoms with Gasteiger partial charge >= 0.3 is 0 Å². The lowest BCUT2D eigenvalue weighted by atomic mass is 10.1. The van der Waals surface area contributed by atoms with Gasteiger partial charge in [-0.05, 0) is 62.2 Å². The molecule has 7 heteroatoms. The third kappa shape index (κ3) is 4.36. The Morgan fingerprint density at radius 2 is 1.67 bits per heavy atom. The first kappa shape index (κ1) is 20.5. The second-order valence-electron chi connectivity index (χ2n) is 7.41. The molecule has 1 aliphatic rings. The van der Waals surface area contributed by atoms with E-state index < -0.39 is 0 Å². The quantitative estimate of drug-likeness (QED) is 0.597. The Bertz CT molecular complexity index is 1020. The van der Waals surface area contributed by atoms with Crippen molar-refractivity contribution in [2.24, 2.45) is 0 Å². The van der Waals surface area contributed by atoms with Crippen LogP contribution in [0.5, 0.6) is 11.5 Å². The standard InChI is InChI=1S/C23H27N3O3S/c1-4-28-18-6-8-19(9-7-18)29-15-21(27)25-11-13-26(14-12-25)23-24-22-17(3)16(2)5-10-20(22)30-23/h5-10H,4,11-15H2,1-3H3. The molecule has 1 aromatic heterocycles. The van der Waals surface area contributed by atoms with Crippen molar-refractivity contribution in [3.8, 4) is 11.5 Å². The van der Waals surface area contributed by atoms with Crippen LogP contribution in [-0.4, -0.2) is 55.2 Å². The van der Waals surface area contributed by atoms with Gasteiger partial charge in [-0.25, -0.2) is 4.98 Å². The summed E-state index contributed by atoms with van der Waals surface area (Å²) in [5.41, 5.74) is 3.61. The Hall–Kier alpha value is -2.80. The summed E-state index contributed by atoms with van der Waals surface area (Å²) in [6.45, 7) is 9.80. The molecule has 0 atom stereocenters. The predicted octanol–water partition coefficient (Wildman–Crippen LogP) is 4.04. The van der Waals surface area contributed by atoms with E-state index in [1.54, 1.807) is 11.3 Å². The van der Waals surface area contributed by atoms with Crippen LogP contribution in [0.15, 0.2) is 36.4 Å². The summed E-state index contributed by atoms with van der Waals surface area (Å²) in [6, 6.07) is 11.7. The first-order valence-corrected chi connectivity index (χ1v) is 11.1. The number of rotatable bonds is 6. The first-order chi connectivity index (χ1) is 14.5. The molecule has 1 fully saturated rings. The number of ether oxygens (including phenoxy) is 2. The average Bonchev–Trinajstić information content (AvgIpc) is 3.21. The number of fused-ring (bicyclic) bond motifs is 1. The number of benzene rings is 2. The number of amides is 1. The Morgan fingerprint density at radius 1 is 1.00 bits per heavy atom. The van der Waals surface area contributed by atoms with Crippen LogP contribution in [-0.2, 0) is 4.79 Å². The van der Waals surface area contributed by atoms with Crippen LogP contribution in [0, 0.1) is 13.8 Å². The van der Waals surface area contributed by atoms with E-state index >= 15 is 0 Å². The second kappa shape index (κ2) is 8.92. The van der Waals surface area contributed by atoms with Gasteiger partial charge in [-0.15, -0.1) is 0 Å². The van der Waals surface area contributed by atoms with Crippen molar-refractivity contribution < 1.29 is 14.3 Å². The summed E-state index contributed by atoms with van der Waals surface area (Å²) in [5, 5.41) is 1.04. The molecule has 30 heavy (non-hydrogen) atoms. The summed E-state index contributed by atoms with van der Waals surface area (Å²) in [4.78, 5) is 21.6. The van der Waals surface area contributed by atoms with Gasteiger partial charge in [0.25, 0.3) is 5.91 Å². The van der Waals surface area contributed by atoms with Gasteiger partial charge in [0.15, 0.2) is 11.7 Å². The fourth-order valence-corrected chi connectivity index (χ4v) is 4.61. The molecule has 2 aromatic carbocycles. The van der Waals surface area contributed by atoms with Crippen LogP contribution in [0.1, 0.15) is 18.1 Å². The summed E-state index contributed by atoms with van der Waals surface area (Å²) in [7, 11) is 0. The molecule has 0 aliphatic carbocycles. The van der Waals surface area contributed by atoms with Gasteiger partial charge in [-0.1, -0.05) is 17.4 Å². The number of carbonyl (C=O) groups is 1. The van der Waals surface area contributed by atoms with Gasteiger partial charge in [0, 0.05) is 26.2 Å². The molecule has 1 saturated heterocycles. The number of hydrogen-bond donors (Lipinski definition) is 0. The number of carbonyl (C=O) groups excluding carboxylic acids is 1. The lowest BCUT2D eigenvalue weighted by Gasteiger charge is -2.34. The SMILES string of the molecule is CCOc1ccc(OCC(=O)N2CCN(c3nc4c(C)c(C)ccc4s3)CC2)cc1. The van der Waals surface area contributed by atoms with Crippen LogP contribution in [0.3, 0.4) is 0 Å². The van der Waals surface area contributed by atoms with Gasteiger partial charge in [0.2, 0.25) is 0 Å². The molecule has 4 rings (SSSR count). The van der Waals surface area contributed by atoms with Gasteiger partial charge in [-0.2, -0.15) is 0 Å². The zero-order chi connectivity index (χ0) is 21.1. The minimum Gasteiger partial charge on any atom is -0.494 e. The monoisotopic (exact) mass is 425 g/mol. The number of anilines is 1. The smallest absolute Gasteiger partial charge is 0.260 e. The van der Waals surface area contributed by atoms with Crippen LogP contribution in [0.25, 0.3) is 10.2 Å². The van der Waals surface area contributed by atoms with Gasteiger partial charge in [0.05, 0.1) is 16.8 Å². The highest BCUT2D eigenvalue weighted by Gasteiger charge is 2.23. The lowest BCUT2D eigenvalue weighted by Crippen LogP contribution is -2.50. The molecule has 0 bridgehead atoms. The molecule has 1 aliphatic heterocycles. The lowest BCUT2D eigenvalue weighted by molar-refractivity contribution is -0.133. The topological polar surface area (TPSA) is 54.9 Å². The van der Waals surface area contributed by atoms with Crippen LogP contribution in [0.4, 0.5) is 5.13 Å². The van der Waals surface area contributed by atoms with E-state index in [0.717, 1.165) is 29.5 Å². The maximum absolute atomic E-state index is 12.6. The molecular weight excluding hydrogens is 398 g/mol. The van der Waals surface area contributed by atoms with E-state index in [0.29, 0.717) is 25.4 Å². The van der Waals surface area contributed by atoms with Crippen LogP contribution < -0.4 is 14.4 Å². The molecule has 0 radical (unpaired) electrons. The van der Waals surface area contributed by atoms with E-state index in [1.165, 1.54) is 15.8 Å². The Kier molecular flexibility index (Phi) is 6.08. The molecule has 0 saturated carbocycles. The number of aromatic nitrogens is 1. The molecule has 1 amide bonds. The number of hydrogen-bond acceptors (Lipinski definition) is 6. The van der Waals surface area contributed by atoms with E-state index in [9.17, 15) is 4.79 Å². The van der Waals surface area contributed by atoms with Crippen molar-refractivity contribution in [3.63, 3.8) is 0 Å². The summed E-state index contributed by atoms with van der Waals surface area (Å²) >= 11 is 1.72. The van der Waals surface area contributed by atoms with E-state index in [4.69, 9.17) is 14.5 Å². The number of piperazine rings is 1. The third-order valence-corrected chi connectivity index (χ3v) is 6.55. The molecule has 0 spiro atoms. The average molecular weight is 426 g/mol. The molecule has 6 nitrogen and oxygen atoms in total. The zero-order valence-corrected chi connectivity index (χ0v) is 18.5. The molecule has 158 valence electrons. The highest BCUT2D eigenvalue weighted by atomic mass is 32.1. The van der Waals surface area contributed by atoms with Gasteiger partial charge < -0.3 is 19.3 Å². The fraction of sp³-hybridized carbons (Fsp3) is 0.391. The maximum Gasteiger partial charge on any atom is 0.260 e. The van der Waals surface area contributed by atoms with Crippen molar-refractivity contribution in [2.45, 2.75) is 20.8 Å². The largest absolute Gasteiger partial charge is 0.494 e. The molecular formula is C23H27N3O3S. The van der Waals surface area contributed by atoms with Crippen LogP contribution in [0.2, 0.25) is 0 Å². The summed E-state index contributed by atoms with van der Waals surface area (Å²) in [5.74, 6) is 1.48. The van der Waals surface area contributed by atoms with Crippen molar-refractivity contribution in [1.82, 2.24) is 9.88 Å². The Balaban J connectivity index is 1.30. The van der Waals surface area contributed by atoms with E-state index in [2.05, 4.69) is 30.9 Å². The molecule has 0 unspecified atom stereocenters. The van der Waals surface area contributed by atoms with Gasteiger partial charge in [-0.3, -0.25) is 4.79 Å². The number of aryl methyl sites for hydroxylation is 2. The minimum absolute atomic E-state index is 0.0132. The maximum atomic E-state index is 12.6. The Labute approximate surface area is 181 Å². The summed E-state index contributed by atoms with van der Waals surface area (Å²) in [6.07, 6.45) is 0. The molecule has 2 heterocycles. The van der Waals surface area contributed by atoms with Crippen molar-refractivity contribution >= 4 is 32.6 Å². The van der Waals surface area contributed by atoms with Gasteiger partial charge in [0.1, 0.15) is 11.5 Å². The second-order valence-corrected chi connectivity index (χ2v) is 8.42. The fourth-order valence-electron chi connectivity index (χ4n) is 3.53. The van der Waals surface area contributed by atoms with E-state index in [1.807, 2.05) is 36.1 Å². The predicted molar refractivity (Wildman–Crippen MR) is 121 cm³/mol. The third-order valence-electron chi connectivity index (χ3n) is 5.47. The summed E-state index contributed by atoms with van der Waals surface area (Å²) < 4.78 is 12.3. The molecule has 3 aromatic rings. The zero-order valence-electron chi connectivity index (χ0n) is 17.7.